The van der Waals surface area contributed by atoms with Crippen LogP contribution in [0.25, 0.3) is 10.8 Å². The quantitative estimate of drug-likeness (QED) is 0.144. The van der Waals surface area contributed by atoms with Gasteiger partial charge in [-0.2, -0.15) is 5.10 Å². The first kappa shape index (κ1) is 22.7. The molecule has 4 aromatic rings. The fourth-order valence-corrected chi connectivity index (χ4v) is 3.23. The molecule has 34 heavy (non-hydrogen) atoms. The number of hydrogen-bond donors (Lipinski definition) is 2. The highest BCUT2D eigenvalue weighted by atomic mass is 35.5. The molecule has 2 N–H and O–H groups in total. The third-order valence-electron chi connectivity index (χ3n) is 4.79. The van der Waals surface area contributed by atoms with Gasteiger partial charge in [0.2, 0.25) is 0 Å². The van der Waals surface area contributed by atoms with E-state index in [1.807, 2.05) is 30.3 Å². The summed E-state index contributed by atoms with van der Waals surface area (Å²) in [4.78, 5) is 36.5. The number of benzene rings is 4. The Morgan fingerprint density at radius 3 is 2.26 bits per heavy atom. The van der Waals surface area contributed by atoms with Crippen LogP contribution in [0.3, 0.4) is 0 Å². The van der Waals surface area contributed by atoms with Gasteiger partial charge < -0.3 is 10.1 Å². The van der Waals surface area contributed by atoms with Crippen molar-refractivity contribution < 1.29 is 19.1 Å². The largest absolute Gasteiger partial charge is 0.423 e. The molecule has 0 radical (unpaired) electrons. The zero-order chi connectivity index (χ0) is 23.9. The molecule has 0 saturated carbocycles. The van der Waals surface area contributed by atoms with Gasteiger partial charge in [-0.3, -0.25) is 9.59 Å². The van der Waals surface area contributed by atoms with Gasteiger partial charge >= 0.3 is 17.8 Å². The van der Waals surface area contributed by atoms with Crippen LogP contribution in [0, 0.1) is 0 Å². The number of nitrogens with zero attached hydrogens (tertiary/aromatic N) is 1. The van der Waals surface area contributed by atoms with Crippen molar-refractivity contribution in [1.29, 1.82) is 0 Å². The van der Waals surface area contributed by atoms with Gasteiger partial charge in [-0.25, -0.2) is 10.2 Å². The van der Waals surface area contributed by atoms with Crippen molar-refractivity contribution in [1.82, 2.24) is 5.43 Å². The van der Waals surface area contributed by atoms with Gasteiger partial charge in [-0.1, -0.05) is 48.0 Å². The second-order valence-corrected chi connectivity index (χ2v) is 7.58. The molecule has 0 fully saturated rings. The number of amides is 2. The highest BCUT2D eigenvalue weighted by Gasteiger charge is 2.14. The molecular weight excluding hydrogens is 454 g/mol. The molecule has 4 aromatic carbocycles. The van der Waals surface area contributed by atoms with Crippen molar-refractivity contribution in [3.05, 3.63) is 107 Å². The minimum absolute atomic E-state index is 0.343. The molecule has 0 bridgehead atoms. The standard InChI is InChI=1S/C26H18ClN3O4/c27-20-12-10-19(11-13-20)26(33)34-21-14-8-17(9-15-21)16-28-30-25(32)24(31)29-23-7-3-5-18-4-1-2-6-22(18)23/h1-16H,(H,29,31)(H,30,32)/b28-16+. The molecule has 0 aliphatic carbocycles. The minimum atomic E-state index is -0.905. The summed E-state index contributed by atoms with van der Waals surface area (Å²) in [5, 5.41) is 8.70. The average Bonchev–Trinajstić information content (AvgIpc) is 2.85. The fourth-order valence-electron chi connectivity index (χ4n) is 3.10. The maximum absolute atomic E-state index is 12.2. The number of carbonyl (C=O) groups is 3. The summed E-state index contributed by atoms with van der Waals surface area (Å²) < 4.78 is 5.31. The van der Waals surface area contributed by atoms with Gasteiger partial charge in [0.1, 0.15) is 5.75 Å². The number of carbonyl (C=O) groups excluding carboxylic acids is 3. The van der Waals surface area contributed by atoms with Crippen LogP contribution < -0.4 is 15.5 Å². The molecule has 4 rings (SSSR count). The first-order valence-corrected chi connectivity index (χ1v) is 10.6. The van der Waals surface area contributed by atoms with Crippen LogP contribution in [0.2, 0.25) is 5.02 Å². The highest BCUT2D eigenvalue weighted by molar-refractivity contribution is 6.40. The SMILES string of the molecule is O=C(N/N=C/c1ccc(OC(=O)c2ccc(Cl)cc2)cc1)C(=O)Nc1cccc2ccccc12. The Morgan fingerprint density at radius 2 is 1.50 bits per heavy atom. The number of fused-ring (bicyclic) bond motifs is 1. The molecule has 0 aliphatic heterocycles. The maximum Gasteiger partial charge on any atom is 0.343 e. The molecule has 0 heterocycles. The number of esters is 1. The number of rotatable bonds is 5. The molecule has 8 heteroatoms. The first-order valence-electron chi connectivity index (χ1n) is 10.2. The molecule has 0 saturated heterocycles. The Morgan fingerprint density at radius 1 is 0.794 bits per heavy atom. The lowest BCUT2D eigenvalue weighted by Gasteiger charge is -2.07. The Bertz CT molecular complexity index is 1380. The molecule has 0 aliphatic rings. The average molecular weight is 472 g/mol. The Hall–Kier alpha value is -4.49. The second-order valence-electron chi connectivity index (χ2n) is 7.15. The zero-order valence-corrected chi connectivity index (χ0v) is 18.5. The van der Waals surface area contributed by atoms with E-state index in [0.717, 1.165) is 10.8 Å². The van der Waals surface area contributed by atoms with Crippen LogP contribution in [0.15, 0.2) is 96.1 Å². The lowest BCUT2D eigenvalue weighted by molar-refractivity contribution is -0.136. The topological polar surface area (TPSA) is 96.9 Å². The summed E-state index contributed by atoms with van der Waals surface area (Å²) in [5.41, 5.74) is 3.73. The summed E-state index contributed by atoms with van der Waals surface area (Å²) in [7, 11) is 0. The van der Waals surface area contributed by atoms with Crippen molar-refractivity contribution in [2.75, 3.05) is 5.32 Å². The normalized spacial score (nSPS) is 10.7. The molecule has 0 atom stereocenters. The Kier molecular flexibility index (Phi) is 6.95. The highest BCUT2D eigenvalue weighted by Crippen LogP contribution is 2.22. The summed E-state index contributed by atoms with van der Waals surface area (Å²) >= 11 is 5.82. The van der Waals surface area contributed by atoms with Gasteiger partial charge in [0.15, 0.2) is 0 Å². The molecule has 0 spiro atoms. The zero-order valence-electron chi connectivity index (χ0n) is 17.7. The molecule has 0 unspecified atom stereocenters. The Labute approximate surface area is 200 Å². The van der Waals surface area contributed by atoms with E-state index >= 15 is 0 Å². The number of hydrogen-bond acceptors (Lipinski definition) is 5. The third kappa shape index (κ3) is 5.65. The van der Waals surface area contributed by atoms with Gasteiger partial charge in [-0.15, -0.1) is 0 Å². The number of anilines is 1. The summed E-state index contributed by atoms with van der Waals surface area (Å²) in [6, 6.07) is 25.8. The molecule has 0 aromatic heterocycles. The van der Waals surface area contributed by atoms with Crippen LogP contribution in [-0.4, -0.2) is 24.0 Å². The van der Waals surface area contributed by atoms with E-state index in [-0.39, 0.29) is 0 Å². The number of ether oxygens (including phenoxy) is 1. The third-order valence-corrected chi connectivity index (χ3v) is 5.05. The van der Waals surface area contributed by atoms with Gasteiger partial charge in [-0.05, 0) is 65.5 Å². The van der Waals surface area contributed by atoms with Crippen LogP contribution >= 0.6 is 11.6 Å². The van der Waals surface area contributed by atoms with E-state index < -0.39 is 17.8 Å². The van der Waals surface area contributed by atoms with E-state index in [2.05, 4.69) is 15.8 Å². The van der Waals surface area contributed by atoms with Crippen molar-refractivity contribution >= 4 is 52.1 Å². The minimum Gasteiger partial charge on any atom is -0.423 e. The predicted molar refractivity (Wildman–Crippen MR) is 131 cm³/mol. The lowest BCUT2D eigenvalue weighted by atomic mass is 10.1. The monoisotopic (exact) mass is 471 g/mol. The van der Waals surface area contributed by atoms with Gasteiger partial charge in [0, 0.05) is 16.1 Å². The van der Waals surface area contributed by atoms with E-state index in [0.29, 0.717) is 27.6 Å². The van der Waals surface area contributed by atoms with E-state index in [1.165, 1.54) is 6.21 Å². The van der Waals surface area contributed by atoms with E-state index in [1.54, 1.807) is 60.7 Å². The van der Waals surface area contributed by atoms with E-state index in [9.17, 15) is 14.4 Å². The fraction of sp³-hybridized carbons (Fsp3) is 0. The second kappa shape index (κ2) is 10.4. The number of halogens is 1. The predicted octanol–water partition coefficient (Wildman–Crippen LogP) is 4.80. The number of nitrogens with one attached hydrogen (secondary N) is 2. The smallest absolute Gasteiger partial charge is 0.343 e. The first-order chi connectivity index (χ1) is 16.5. The number of hydrazone groups is 1. The molecule has 7 nitrogen and oxygen atoms in total. The molecule has 168 valence electrons. The lowest BCUT2D eigenvalue weighted by Crippen LogP contribution is -2.32. The summed E-state index contributed by atoms with van der Waals surface area (Å²) in [6.45, 7) is 0. The molecule has 2 amide bonds. The van der Waals surface area contributed by atoms with Crippen molar-refractivity contribution in [2.24, 2.45) is 5.10 Å². The van der Waals surface area contributed by atoms with Crippen LogP contribution in [0.1, 0.15) is 15.9 Å². The van der Waals surface area contributed by atoms with Crippen molar-refractivity contribution in [2.45, 2.75) is 0 Å². The van der Waals surface area contributed by atoms with Crippen molar-refractivity contribution in [3.8, 4) is 5.75 Å². The van der Waals surface area contributed by atoms with Crippen molar-refractivity contribution in [3.63, 3.8) is 0 Å². The molecular formula is C26H18ClN3O4. The van der Waals surface area contributed by atoms with Gasteiger partial charge in [0.05, 0.1) is 11.8 Å². The summed E-state index contributed by atoms with van der Waals surface area (Å²) in [5.74, 6) is -1.91. The van der Waals surface area contributed by atoms with Crippen LogP contribution in [0.5, 0.6) is 5.75 Å². The van der Waals surface area contributed by atoms with E-state index in [4.69, 9.17) is 16.3 Å². The summed E-state index contributed by atoms with van der Waals surface area (Å²) in [6.07, 6.45) is 1.37. The van der Waals surface area contributed by atoms with Crippen LogP contribution in [0.4, 0.5) is 5.69 Å². The van der Waals surface area contributed by atoms with Crippen LogP contribution in [-0.2, 0) is 9.59 Å². The maximum atomic E-state index is 12.2. The van der Waals surface area contributed by atoms with Gasteiger partial charge in [0.25, 0.3) is 0 Å². The Balaban J connectivity index is 1.31.